The van der Waals surface area contributed by atoms with Crippen molar-refractivity contribution < 1.29 is 18.7 Å². The molecule has 0 unspecified atom stereocenters. The molecule has 0 N–H and O–H groups in total. The lowest BCUT2D eigenvalue weighted by molar-refractivity contribution is -0.151. The number of carbonyl (C=O) groups is 2. The van der Waals surface area contributed by atoms with Crippen molar-refractivity contribution in [3.05, 3.63) is 60.9 Å². The van der Waals surface area contributed by atoms with Crippen LogP contribution in [0.15, 0.2) is 70.4 Å². The van der Waals surface area contributed by atoms with Crippen LogP contribution in [-0.2, 0) is 14.3 Å². The average Bonchev–Trinajstić information content (AvgIpc) is 3.57. The van der Waals surface area contributed by atoms with Crippen molar-refractivity contribution >= 4 is 34.4 Å². The van der Waals surface area contributed by atoms with Gasteiger partial charge in [-0.2, -0.15) is 0 Å². The number of aromatic nitrogens is 3. The van der Waals surface area contributed by atoms with Gasteiger partial charge in [0.1, 0.15) is 0 Å². The van der Waals surface area contributed by atoms with Crippen molar-refractivity contribution in [1.82, 2.24) is 19.7 Å². The lowest BCUT2D eigenvalue weighted by atomic mass is 9.97. The molecule has 5 rings (SSSR count). The SMILES string of the molecule is CCOC(=O)C1CCN(C(=O)CSc2nnc(-c3ccco3)n2-c2cccc3ccccc23)CC1. The minimum atomic E-state index is -0.164. The van der Waals surface area contributed by atoms with Gasteiger partial charge in [0.25, 0.3) is 0 Å². The number of amides is 1. The number of thioether (sulfide) groups is 1. The first kappa shape index (κ1) is 23.2. The maximum absolute atomic E-state index is 13.0. The van der Waals surface area contributed by atoms with Gasteiger partial charge in [-0.3, -0.25) is 14.2 Å². The summed E-state index contributed by atoms with van der Waals surface area (Å²) in [5, 5.41) is 11.6. The smallest absolute Gasteiger partial charge is 0.309 e. The number of rotatable bonds is 7. The molecule has 0 aliphatic carbocycles. The molecule has 35 heavy (non-hydrogen) atoms. The van der Waals surface area contributed by atoms with Gasteiger partial charge in [-0.1, -0.05) is 48.2 Å². The first-order valence-corrected chi connectivity index (χ1v) is 12.7. The van der Waals surface area contributed by atoms with Gasteiger partial charge in [-0.15, -0.1) is 10.2 Å². The topological polar surface area (TPSA) is 90.5 Å². The fourth-order valence-electron chi connectivity index (χ4n) is 4.39. The largest absolute Gasteiger partial charge is 0.466 e. The first-order valence-electron chi connectivity index (χ1n) is 11.7. The van der Waals surface area contributed by atoms with Crippen LogP contribution in [0, 0.1) is 5.92 Å². The van der Waals surface area contributed by atoms with E-state index >= 15 is 0 Å². The van der Waals surface area contributed by atoms with Gasteiger partial charge in [-0.05, 0) is 43.4 Å². The van der Waals surface area contributed by atoms with Gasteiger partial charge in [0, 0.05) is 18.5 Å². The molecule has 0 atom stereocenters. The van der Waals surface area contributed by atoms with Crippen LogP contribution >= 0.6 is 11.8 Å². The van der Waals surface area contributed by atoms with Crippen LogP contribution in [0.1, 0.15) is 19.8 Å². The number of benzene rings is 2. The van der Waals surface area contributed by atoms with Gasteiger partial charge in [0.05, 0.1) is 30.2 Å². The van der Waals surface area contributed by atoms with Gasteiger partial charge in [0.15, 0.2) is 10.9 Å². The van der Waals surface area contributed by atoms with Crippen LogP contribution in [0.4, 0.5) is 0 Å². The summed E-state index contributed by atoms with van der Waals surface area (Å²) < 4.78 is 12.7. The molecule has 0 bridgehead atoms. The second-order valence-corrected chi connectivity index (χ2v) is 9.26. The fraction of sp³-hybridized carbons (Fsp3) is 0.308. The third kappa shape index (κ3) is 4.81. The van der Waals surface area contributed by atoms with E-state index in [1.807, 2.05) is 52.8 Å². The molecule has 0 radical (unpaired) electrons. The summed E-state index contributed by atoms with van der Waals surface area (Å²) in [6.45, 7) is 3.29. The Morgan fingerprint density at radius 3 is 2.63 bits per heavy atom. The zero-order valence-corrected chi connectivity index (χ0v) is 20.2. The summed E-state index contributed by atoms with van der Waals surface area (Å²) in [7, 11) is 0. The highest BCUT2D eigenvalue weighted by Gasteiger charge is 2.28. The van der Waals surface area contributed by atoms with E-state index in [1.165, 1.54) is 11.8 Å². The lowest BCUT2D eigenvalue weighted by Crippen LogP contribution is -2.41. The standard InChI is InChI=1S/C26H26N4O4S/c1-2-33-25(32)19-12-14-29(15-13-19)23(31)17-35-26-28-27-24(22-11-6-16-34-22)30(26)21-10-5-8-18-7-3-4-9-20(18)21/h3-11,16,19H,2,12-15,17H2,1H3. The number of fused-ring (bicyclic) bond motifs is 1. The number of ether oxygens (including phenoxy) is 1. The molecule has 2 aromatic heterocycles. The highest BCUT2D eigenvalue weighted by Crippen LogP contribution is 2.32. The van der Waals surface area contributed by atoms with E-state index in [4.69, 9.17) is 9.15 Å². The third-order valence-corrected chi connectivity index (χ3v) is 7.09. The minimum absolute atomic E-state index is 0.0179. The van der Waals surface area contributed by atoms with Crippen molar-refractivity contribution in [3.8, 4) is 17.3 Å². The van der Waals surface area contributed by atoms with Crippen molar-refractivity contribution in [2.45, 2.75) is 24.9 Å². The predicted molar refractivity (Wildman–Crippen MR) is 133 cm³/mol. The summed E-state index contributed by atoms with van der Waals surface area (Å²) in [6, 6.07) is 17.9. The Bertz CT molecular complexity index is 1320. The molecule has 8 nitrogen and oxygen atoms in total. The number of hydrogen-bond acceptors (Lipinski definition) is 7. The molecule has 180 valence electrons. The maximum Gasteiger partial charge on any atom is 0.309 e. The molecule has 1 amide bonds. The number of likely N-dealkylation sites (tertiary alicyclic amines) is 1. The Morgan fingerprint density at radius 2 is 1.86 bits per heavy atom. The maximum atomic E-state index is 13.0. The Balaban J connectivity index is 1.37. The van der Waals surface area contributed by atoms with Crippen LogP contribution < -0.4 is 0 Å². The minimum Gasteiger partial charge on any atom is -0.466 e. The van der Waals surface area contributed by atoms with E-state index in [9.17, 15) is 9.59 Å². The van der Waals surface area contributed by atoms with Gasteiger partial charge < -0.3 is 14.1 Å². The van der Waals surface area contributed by atoms with E-state index in [0.717, 1.165) is 16.5 Å². The highest BCUT2D eigenvalue weighted by atomic mass is 32.2. The zero-order chi connectivity index (χ0) is 24.2. The molecule has 2 aromatic carbocycles. The summed E-state index contributed by atoms with van der Waals surface area (Å²) in [4.78, 5) is 26.8. The molecule has 1 aliphatic heterocycles. The van der Waals surface area contributed by atoms with Gasteiger partial charge >= 0.3 is 5.97 Å². The normalized spacial score (nSPS) is 14.4. The van der Waals surface area contributed by atoms with Crippen molar-refractivity contribution in [3.63, 3.8) is 0 Å². The number of hydrogen-bond donors (Lipinski definition) is 0. The number of nitrogens with zero attached hydrogens (tertiary/aromatic N) is 4. The molecular formula is C26H26N4O4S. The van der Waals surface area contributed by atoms with Crippen LogP contribution in [0.25, 0.3) is 28.0 Å². The average molecular weight is 491 g/mol. The Labute approximate surface area is 207 Å². The summed E-state index contributed by atoms with van der Waals surface area (Å²) >= 11 is 1.35. The summed E-state index contributed by atoms with van der Waals surface area (Å²) in [5.41, 5.74) is 0.921. The zero-order valence-electron chi connectivity index (χ0n) is 19.4. The fourth-order valence-corrected chi connectivity index (χ4v) is 5.24. The lowest BCUT2D eigenvalue weighted by Gasteiger charge is -2.30. The van der Waals surface area contributed by atoms with E-state index in [1.54, 1.807) is 6.26 Å². The predicted octanol–water partition coefficient (Wildman–Crippen LogP) is 4.57. The molecule has 3 heterocycles. The van der Waals surface area contributed by atoms with Crippen LogP contribution in [-0.4, -0.2) is 57.0 Å². The third-order valence-electron chi connectivity index (χ3n) is 6.17. The van der Waals surface area contributed by atoms with Crippen LogP contribution in [0.5, 0.6) is 0 Å². The number of esters is 1. The molecule has 4 aromatic rings. The Hall–Kier alpha value is -3.59. The number of carbonyl (C=O) groups excluding carboxylic acids is 2. The van der Waals surface area contributed by atoms with E-state index in [2.05, 4.69) is 28.4 Å². The molecule has 1 saturated heterocycles. The number of piperidine rings is 1. The summed E-state index contributed by atoms with van der Waals surface area (Å²) in [6.07, 6.45) is 2.86. The Morgan fingerprint density at radius 1 is 1.06 bits per heavy atom. The quantitative estimate of drug-likeness (QED) is 0.277. The molecule has 0 saturated carbocycles. The van der Waals surface area contributed by atoms with Gasteiger partial charge in [0.2, 0.25) is 11.7 Å². The second kappa shape index (κ2) is 10.4. The molecule has 1 fully saturated rings. The van der Waals surface area contributed by atoms with Gasteiger partial charge in [-0.25, -0.2) is 0 Å². The molecule has 9 heteroatoms. The van der Waals surface area contributed by atoms with Crippen molar-refractivity contribution in [2.24, 2.45) is 5.92 Å². The van der Waals surface area contributed by atoms with Crippen LogP contribution in [0.3, 0.4) is 0 Å². The second-order valence-electron chi connectivity index (χ2n) is 8.31. The van der Waals surface area contributed by atoms with E-state index in [0.29, 0.717) is 49.3 Å². The van der Waals surface area contributed by atoms with E-state index < -0.39 is 0 Å². The van der Waals surface area contributed by atoms with Crippen molar-refractivity contribution in [1.29, 1.82) is 0 Å². The first-order chi connectivity index (χ1) is 17.2. The Kier molecular flexibility index (Phi) is 6.85. The van der Waals surface area contributed by atoms with Crippen molar-refractivity contribution in [2.75, 3.05) is 25.4 Å². The highest BCUT2D eigenvalue weighted by molar-refractivity contribution is 7.99. The summed E-state index contributed by atoms with van der Waals surface area (Å²) in [5.74, 6) is 1.13. The monoisotopic (exact) mass is 490 g/mol. The van der Waals surface area contributed by atoms with Crippen LogP contribution in [0.2, 0.25) is 0 Å². The number of furan rings is 1. The molecular weight excluding hydrogens is 464 g/mol. The van der Waals surface area contributed by atoms with E-state index in [-0.39, 0.29) is 23.5 Å². The molecule has 0 spiro atoms. The molecule has 1 aliphatic rings.